The third-order valence-corrected chi connectivity index (χ3v) is 8.41. The molecule has 1 saturated heterocycles. The van der Waals surface area contributed by atoms with Crippen LogP contribution in [0.15, 0.2) is 82.2 Å². The van der Waals surface area contributed by atoms with E-state index in [1.807, 2.05) is 54.6 Å². The lowest BCUT2D eigenvalue weighted by molar-refractivity contribution is -0.217. The van der Waals surface area contributed by atoms with E-state index < -0.39 is 28.2 Å². The fraction of sp³-hybridized carbons (Fsp3) is 0.321. The Labute approximate surface area is 233 Å². The van der Waals surface area contributed by atoms with Gasteiger partial charge in [-0.3, -0.25) is 4.90 Å². The summed E-state index contributed by atoms with van der Waals surface area (Å²) in [6.45, 7) is 0.799. The van der Waals surface area contributed by atoms with Crippen molar-refractivity contribution in [3.8, 4) is 16.9 Å². The molecule has 0 aromatic heterocycles. The smallest absolute Gasteiger partial charge is 0.490 e. The summed E-state index contributed by atoms with van der Waals surface area (Å²) in [5.74, 6) is -2.13. The third kappa shape index (κ3) is 7.61. The van der Waals surface area contributed by atoms with Crippen molar-refractivity contribution in [3.05, 3.63) is 82.8 Å². The predicted octanol–water partition coefficient (Wildman–Crippen LogP) is 6.24. The lowest BCUT2D eigenvalue weighted by atomic mass is 9.95. The number of carbonyl (C=O) groups excluding carboxylic acids is 1. The van der Waals surface area contributed by atoms with E-state index in [0.717, 1.165) is 21.9 Å². The first-order valence-corrected chi connectivity index (χ1v) is 14.9. The topological polar surface area (TPSA) is 72.9 Å². The summed E-state index contributed by atoms with van der Waals surface area (Å²) in [6, 6.07) is 21.2. The number of nitrogens with zero attached hydrogens (tertiary/aromatic N) is 1. The fourth-order valence-electron chi connectivity index (χ4n) is 4.50. The predicted molar refractivity (Wildman–Crippen MR) is 144 cm³/mol. The first-order valence-electron chi connectivity index (χ1n) is 12.2. The van der Waals surface area contributed by atoms with Crippen LogP contribution in [0.25, 0.3) is 11.1 Å². The van der Waals surface area contributed by atoms with Crippen molar-refractivity contribution < 1.29 is 35.9 Å². The summed E-state index contributed by atoms with van der Waals surface area (Å²) >= 11 is 3.45. The Bertz CT molecular complexity index is 1420. The van der Waals surface area contributed by atoms with Gasteiger partial charge in [0.15, 0.2) is 16.1 Å². The number of piperidine rings is 1. The molecule has 3 aromatic rings. The molecule has 3 aromatic carbocycles. The minimum Gasteiger partial charge on any atom is -0.493 e. The summed E-state index contributed by atoms with van der Waals surface area (Å²) in [7, 11) is -3.58. The van der Waals surface area contributed by atoms with Gasteiger partial charge in [0.05, 0.1) is 11.5 Å². The molecule has 0 amide bonds. The molecule has 1 aliphatic heterocycles. The average molecular weight is 626 g/mol. The van der Waals surface area contributed by atoms with E-state index >= 15 is 0 Å². The number of ether oxygens (including phenoxy) is 2. The zero-order valence-corrected chi connectivity index (χ0v) is 23.4. The van der Waals surface area contributed by atoms with Crippen LogP contribution in [0, 0.1) is 5.92 Å². The summed E-state index contributed by atoms with van der Waals surface area (Å²) in [6.07, 6.45) is -4.36. The molecule has 39 heavy (non-hydrogen) atoms. The van der Waals surface area contributed by atoms with Crippen molar-refractivity contribution in [2.45, 2.75) is 36.7 Å². The lowest BCUT2D eigenvalue weighted by Crippen LogP contribution is -2.47. The van der Waals surface area contributed by atoms with Gasteiger partial charge in [-0.25, -0.2) is 13.2 Å². The number of likely N-dealkylation sites (tertiary alicyclic amines) is 1. The number of esters is 1. The molecular weight excluding hydrogens is 599 g/mol. The molecule has 1 heterocycles. The van der Waals surface area contributed by atoms with Gasteiger partial charge in [0.25, 0.3) is 0 Å². The van der Waals surface area contributed by atoms with Crippen molar-refractivity contribution in [3.63, 3.8) is 0 Å². The fourth-order valence-corrected chi connectivity index (χ4v) is 5.83. The number of alkyl halides is 3. The van der Waals surface area contributed by atoms with Crippen LogP contribution < -0.4 is 4.74 Å². The van der Waals surface area contributed by atoms with E-state index in [4.69, 9.17) is 9.47 Å². The van der Waals surface area contributed by atoms with Gasteiger partial charge < -0.3 is 9.47 Å². The van der Waals surface area contributed by atoms with Crippen LogP contribution >= 0.6 is 15.9 Å². The number of hydrogen-bond acceptors (Lipinski definition) is 6. The number of halogens is 4. The average Bonchev–Trinajstić information content (AvgIpc) is 2.89. The van der Waals surface area contributed by atoms with E-state index in [1.165, 1.54) is 6.07 Å². The normalized spacial score (nSPS) is 18.5. The molecule has 0 bridgehead atoms. The molecule has 1 aliphatic rings. The van der Waals surface area contributed by atoms with Gasteiger partial charge in [-0.1, -0.05) is 64.5 Å². The Morgan fingerprint density at radius 2 is 1.74 bits per heavy atom. The van der Waals surface area contributed by atoms with Crippen molar-refractivity contribution in [1.29, 1.82) is 0 Å². The zero-order valence-electron chi connectivity index (χ0n) is 21.0. The van der Waals surface area contributed by atoms with Gasteiger partial charge >= 0.3 is 12.1 Å². The standard InChI is InChI=1S/C28H27BrF3NO5S/c1-39(35,36)25-16-22(11-12-23(25)20-7-3-2-4-8-20)37-18-19-13-14-33(17-21-9-5-6-10-24(21)29)26(15-19)38-27(34)28(30,31)32/h2-12,16,19,26H,13-15,17-18H2,1H3. The molecule has 6 nitrogen and oxygen atoms in total. The third-order valence-electron chi connectivity index (χ3n) is 6.50. The second-order valence-corrected chi connectivity index (χ2v) is 12.3. The molecule has 2 atom stereocenters. The SMILES string of the molecule is CS(=O)(=O)c1cc(OCC2CCN(Cc3ccccc3Br)C(OC(=O)C(F)(F)F)C2)ccc1-c1ccccc1. The summed E-state index contributed by atoms with van der Waals surface area (Å²) in [4.78, 5) is 13.5. The number of carbonyl (C=O) groups is 1. The largest absolute Gasteiger partial charge is 0.493 e. The van der Waals surface area contributed by atoms with Gasteiger partial charge in [-0.2, -0.15) is 13.2 Å². The minimum atomic E-state index is -5.11. The Morgan fingerprint density at radius 3 is 2.41 bits per heavy atom. The van der Waals surface area contributed by atoms with Crippen LogP contribution in [0.1, 0.15) is 18.4 Å². The maximum Gasteiger partial charge on any atom is 0.490 e. The summed E-state index contributed by atoms with van der Waals surface area (Å²) < 4.78 is 75.7. The van der Waals surface area contributed by atoms with Crippen molar-refractivity contribution in [1.82, 2.24) is 4.90 Å². The van der Waals surface area contributed by atoms with E-state index in [9.17, 15) is 26.4 Å². The first kappa shape index (κ1) is 29.1. The maximum absolute atomic E-state index is 13.0. The molecule has 208 valence electrons. The molecule has 0 aliphatic carbocycles. The van der Waals surface area contributed by atoms with E-state index in [1.54, 1.807) is 17.0 Å². The monoisotopic (exact) mass is 625 g/mol. The molecule has 2 unspecified atom stereocenters. The molecule has 0 N–H and O–H groups in total. The Balaban J connectivity index is 1.49. The maximum atomic E-state index is 13.0. The number of hydrogen-bond donors (Lipinski definition) is 0. The lowest BCUT2D eigenvalue weighted by Gasteiger charge is -2.38. The van der Waals surface area contributed by atoms with Crippen molar-refractivity contribution in [2.75, 3.05) is 19.4 Å². The molecule has 11 heteroatoms. The number of benzene rings is 3. The van der Waals surface area contributed by atoms with Gasteiger partial charge in [0, 0.05) is 35.8 Å². The highest BCUT2D eigenvalue weighted by molar-refractivity contribution is 9.10. The number of sulfone groups is 1. The Kier molecular flexibility index (Phi) is 9.03. The number of rotatable bonds is 8. The Hall–Kier alpha value is -2.89. The van der Waals surface area contributed by atoms with E-state index in [2.05, 4.69) is 15.9 Å². The molecule has 1 fully saturated rings. The highest BCUT2D eigenvalue weighted by Crippen LogP contribution is 2.33. The molecular formula is C28H27BrF3NO5S. The van der Waals surface area contributed by atoms with E-state index in [-0.39, 0.29) is 23.8 Å². The van der Waals surface area contributed by atoms with Crippen LogP contribution in [0.3, 0.4) is 0 Å². The van der Waals surface area contributed by atoms with E-state index in [0.29, 0.717) is 30.8 Å². The van der Waals surface area contributed by atoms with Gasteiger partial charge in [0.1, 0.15) is 5.75 Å². The van der Waals surface area contributed by atoms with Crippen LogP contribution in [0.5, 0.6) is 5.75 Å². The van der Waals surface area contributed by atoms with Crippen molar-refractivity contribution >= 4 is 31.7 Å². The molecule has 0 radical (unpaired) electrons. The summed E-state index contributed by atoms with van der Waals surface area (Å²) in [5, 5.41) is 0. The second-order valence-electron chi connectivity index (χ2n) is 9.42. The zero-order chi connectivity index (χ0) is 28.2. The van der Waals surface area contributed by atoms with Crippen LogP contribution in [-0.2, 0) is 25.9 Å². The van der Waals surface area contributed by atoms with Crippen LogP contribution in [-0.4, -0.2) is 51.1 Å². The molecule has 4 rings (SSSR count). The van der Waals surface area contributed by atoms with Crippen LogP contribution in [0.4, 0.5) is 13.2 Å². The Morgan fingerprint density at radius 1 is 1.05 bits per heavy atom. The minimum absolute atomic E-state index is 0.117. The summed E-state index contributed by atoms with van der Waals surface area (Å²) in [5.41, 5.74) is 2.15. The van der Waals surface area contributed by atoms with Crippen LogP contribution in [0.2, 0.25) is 0 Å². The second kappa shape index (κ2) is 12.1. The van der Waals surface area contributed by atoms with Gasteiger partial charge in [-0.15, -0.1) is 0 Å². The molecule has 0 spiro atoms. The van der Waals surface area contributed by atoms with Crippen molar-refractivity contribution in [2.24, 2.45) is 5.92 Å². The quantitative estimate of drug-likeness (QED) is 0.276. The highest BCUT2D eigenvalue weighted by Gasteiger charge is 2.44. The van der Waals surface area contributed by atoms with Gasteiger partial charge in [0.2, 0.25) is 0 Å². The first-order chi connectivity index (χ1) is 18.4. The van der Waals surface area contributed by atoms with Gasteiger partial charge in [-0.05, 0) is 47.7 Å². The molecule has 0 saturated carbocycles. The highest BCUT2D eigenvalue weighted by atomic mass is 79.9.